The molecule has 1 aromatic heterocycles. The molecule has 2 fully saturated rings. The van der Waals surface area contributed by atoms with Gasteiger partial charge in [-0.15, -0.1) is 0 Å². The average Bonchev–Trinajstić information content (AvgIpc) is 3.43. The second-order valence-electron chi connectivity index (χ2n) is 8.30. The van der Waals surface area contributed by atoms with Crippen LogP contribution in [0.2, 0.25) is 0 Å². The Hall–Kier alpha value is -3.26. The number of fused-ring (bicyclic) bond motifs is 2. The fraction of sp³-hybridized carbons (Fsp3) is 0.348. The van der Waals surface area contributed by atoms with Crippen molar-refractivity contribution in [2.75, 3.05) is 18.0 Å². The lowest BCUT2D eigenvalue weighted by Crippen LogP contribution is -2.44. The van der Waals surface area contributed by atoms with E-state index >= 15 is 0 Å². The van der Waals surface area contributed by atoms with Crippen LogP contribution in [-0.4, -0.2) is 56.8 Å². The van der Waals surface area contributed by atoms with E-state index in [1.807, 2.05) is 18.2 Å². The molecule has 3 atom stereocenters. The van der Waals surface area contributed by atoms with Gasteiger partial charge in [0.2, 0.25) is 11.8 Å². The van der Waals surface area contributed by atoms with E-state index in [0.29, 0.717) is 30.0 Å². The zero-order valence-electron chi connectivity index (χ0n) is 17.1. The van der Waals surface area contributed by atoms with Gasteiger partial charge >= 0.3 is 0 Å². The van der Waals surface area contributed by atoms with Crippen LogP contribution in [0, 0.1) is 11.7 Å². The van der Waals surface area contributed by atoms with Crippen LogP contribution in [-0.2, 0) is 9.59 Å². The number of carbonyl (C=O) groups excluding carboxylic acids is 2. The summed E-state index contributed by atoms with van der Waals surface area (Å²) in [5.41, 5.74) is 1.76. The molecular formula is C23H23FN4O3. The highest BCUT2D eigenvalue weighted by Crippen LogP contribution is 2.38. The van der Waals surface area contributed by atoms with Gasteiger partial charge in [0, 0.05) is 24.4 Å². The summed E-state index contributed by atoms with van der Waals surface area (Å²) in [5.74, 6) is -0.630. The van der Waals surface area contributed by atoms with E-state index in [9.17, 15) is 19.1 Å². The van der Waals surface area contributed by atoms with E-state index in [2.05, 4.69) is 5.10 Å². The summed E-state index contributed by atoms with van der Waals surface area (Å²) in [5, 5.41) is 14.7. The predicted molar refractivity (Wildman–Crippen MR) is 113 cm³/mol. The van der Waals surface area contributed by atoms with Crippen LogP contribution in [0.5, 0.6) is 0 Å². The molecule has 5 rings (SSSR count). The number of amides is 2. The van der Waals surface area contributed by atoms with Crippen molar-refractivity contribution in [1.82, 2.24) is 14.7 Å². The van der Waals surface area contributed by atoms with Crippen molar-refractivity contribution in [3.05, 3.63) is 54.5 Å². The molecule has 7 nitrogen and oxygen atoms in total. The number of carbonyl (C=O) groups is 2. The van der Waals surface area contributed by atoms with Gasteiger partial charge in [0.05, 0.1) is 29.9 Å². The Labute approximate surface area is 178 Å². The maximum absolute atomic E-state index is 14.3. The molecule has 31 heavy (non-hydrogen) atoms. The highest BCUT2D eigenvalue weighted by Gasteiger charge is 2.50. The number of anilines is 1. The molecule has 2 aliphatic rings. The number of para-hydroxylation sites is 1. The van der Waals surface area contributed by atoms with Gasteiger partial charge in [0.1, 0.15) is 17.5 Å². The highest BCUT2D eigenvalue weighted by molar-refractivity contribution is 6.07. The largest absolute Gasteiger partial charge is 0.393 e. The fourth-order valence-corrected chi connectivity index (χ4v) is 4.82. The Morgan fingerprint density at radius 2 is 2.00 bits per heavy atom. The molecule has 0 spiro atoms. The summed E-state index contributed by atoms with van der Waals surface area (Å²) in [7, 11) is 0. The summed E-state index contributed by atoms with van der Waals surface area (Å²) in [6, 6.07) is 11.5. The zero-order chi connectivity index (χ0) is 21.7. The number of hydrogen-bond donors (Lipinski definition) is 1. The first-order chi connectivity index (χ1) is 15.0. The molecule has 2 aliphatic heterocycles. The monoisotopic (exact) mass is 422 g/mol. The number of likely N-dealkylation sites (tertiary alicyclic amines) is 1. The molecule has 2 saturated heterocycles. The summed E-state index contributed by atoms with van der Waals surface area (Å²) in [6.07, 6.45) is 1.68. The Morgan fingerprint density at radius 1 is 1.23 bits per heavy atom. The molecule has 160 valence electrons. The first kappa shape index (κ1) is 19.7. The zero-order valence-corrected chi connectivity index (χ0v) is 17.1. The summed E-state index contributed by atoms with van der Waals surface area (Å²) < 4.78 is 15.9. The number of nitrogens with zero attached hydrogens (tertiary/aromatic N) is 4. The van der Waals surface area contributed by atoms with Gasteiger partial charge in [-0.25, -0.2) is 9.07 Å². The fourth-order valence-electron chi connectivity index (χ4n) is 4.82. The molecule has 0 saturated carbocycles. The molecule has 8 heteroatoms. The Kier molecular flexibility index (Phi) is 4.74. The number of hydrogen-bond acceptors (Lipinski definition) is 4. The van der Waals surface area contributed by atoms with Crippen LogP contribution in [0.4, 0.5) is 10.1 Å². The molecule has 3 heterocycles. The first-order valence-corrected chi connectivity index (χ1v) is 10.5. The number of rotatable bonds is 4. The van der Waals surface area contributed by atoms with Gasteiger partial charge in [-0.1, -0.05) is 18.2 Å². The van der Waals surface area contributed by atoms with Crippen molar-refractivity contribution >= 4 is 28.4 Å². The lowest BCUT2D eigenvalue weighted by Gasteiger charge is -2.25. The van der Waals surface area contributed by atoms with Crippen LogP contribution in [0.15, 0.2) is 48.7 Å². The Bertz CT molecular complexity index is 1170. The molecule has 0 aliphatic carbocycles. The van der Waals surface area contributed by atoms with Crippen LogP contribution in [0.3, 0.4) is 0 Å². The van der Waals surface area contributed by atoms with Crippen molar-refractivity contribution in [2.45, 2.75) is 31.9 Å². The third kappa shape index (κ3) is 3.18. The van der Waals surface area contributed by atoms with Gasteiger partial charge < -0.3 is 14.9 Å². The van der Waals surface area contributed by atoms with Crippen molar-refractivity contribution in [3.8, 4) is 5.69 Å². The first-order valence-electron chi connectivity index (χ1n) is 10.5. The maximum Gasteiger partial charge on any atom is 0.250 e. The summed E-state index contributed by atoms with van der Waals surface area (Å²) in [6.45, 7) is 2.63. The van der Waals surface area contributed by atoms with Gasteiger partial charge in [0.25, 0.3) is 0 Å². The second kappa shape index (κ2) is 7.46. The third-order valence-corrected chi connectivity index (χ3v) is 6.21. The standard InChI is InChI=1S/C23H23FN4O3/c1-14(29)11-21(30)26-10-9-15-13-27(23(31)22(15)26)18-7-4-8-19-16(18)12-25-28(19)20-6-3-2-5-17(20)24/h2-8,12,14-15,22,29H,9-11,13H2,1H3/t14-,15-,22-/m1/s1. The minimum absolute atomic E-state index is 0.0154. The number of halogens is 1. The third-order valence-electron chi connectivity index (χ3n) is 6.21. The van der Waals surface area contributed by atoms with Crippen molar-refractivity contribution in [1.29, 1.82) is 0 Å². The number of aliphatic hydroxyl groups excluding tert-OH is 1. The second-order valence-corrected chi connectivity index (χ2v) is 8.30. The molecule has 0 radical (unpaired) electrons. The lowest BCUT2D eigenvalue weighted by molar-refractivity contribution is -0.138. The van der Waals surface area contributed by atoms with Gasteiger partial charge in [-0.3, -0.25) is 9.59 Å². The minimum Gasteiger partial charge on any atom is -0.393 e. The minimum atomic E-state index is -0.739. The number of benzene rings is 2. The topological polar surface area (TPSA) is 78.7 Å². The number of aliphatic hydroxyl groups is 1. The van der Waals surface area contributed by atoms with Crippen LogP contribution >= 0.6 is 0 Å². The van der Waals surface area contributed by atoms with E-state index in [1.165, 1.54) is 10.7 Å². The molecule has 1 N–H and O–H groups in total. The quantitative estimate of drug-likeness (QED) is 0.701. The molecule has 0 unspecified atom stereocenters. The van der Waals surface area contributed by atoms with E-state index in [-0.39, 0.29) is 30.0 Å². The van der Waals surface area contributed by atoms with Crippen LogP contribution in [0.25, 0.3) is 16.6 Å². The van der Waals surface area contributed by atoms with E-state index in [4.69, 9.17) is 0 Å². The van der Waals surface area contributed by atoms with Gasteiger partial charge in [-0.2, -0.15) is 5.10 Å². The number of aromatic nitrogens is 2. The van der Waals surface area contributed by atoms with Gasteiger partial charge in [0.15, 0.2) is 0 Å². The van der Waals surface area contributed by atoms with Crippen LogP contribution < -0.4 is 4.90 Å². The summed E-state index contributed by atoms with van der Waals surface area (Å²) in [4.78, 5) is 29.2. The molecule has 2 aromatic carbocycles. The average molecular weight is 422 g/mol. The normalized spacial score (nSPS) is 21.7. The Morgan fingerprint density at radius 3 is 2.77 bits per heavy atom. The van der Waals surface area contributed by atoms with Crippen LogP contribution in [0.1, 0.15) is 19.8 Å². The van der Waals surface area contributed by atoms with E-state index in [1.54, 1.807) is 41.1 Å². The van der Waals surface area contributed by atoms with Crippen molar-refractivity contribution < 1.29 is 19.1 Å². The maximum atomic E-state index is 14.3. The molecule has 3 aromatic rings. The van der Waals surface area contributed by atoms with E-state index < -0.39 is 12.1 Å². The lowest BCUT2D eigenvalue weighted by atomic mass is 10.0. The Balaban J connectivity index is 1.49. The highest BCUT2D eigenvalue weighted by atomic mass is 19.1. The summed E-state index contributed by atoms with van der Waals surface area (Å²) >= 11 is 0. The van der Waals surface area contributed by atoms with Crippen molar-refractivity contribution in [3.63, 3.8) is 0 Å². The molecule has 2 amide bonds. The SMILES string of the molecule is C[C@@H](O)CC(=O)N1CC[C@@H]2CN(c3cccc4c3cnn4-c3ccccc3F)C(=O)[C@@H]21. The van der Waals surface area contributed by atoms with Crippen molar-refractivity contribution in [2.24, 2.45) is 5.92 Å². The van der Waals surface area contributed by atoms with Gasteiger partial charge in [-0.05, 0) is 37.6 Å². The molecule has 0 bridgehead atoms. The molecular weight excluding hydrogens is 399 g/mol. The smallest absolute Gasteiger partial charge is 0.250 e. The van der Waals surface area contributed by atoms with E-state index in [0.717, 1.165) is 11.8 Å². The predicted octanol–water partition coefficient (Wildman–Crippen LogP) is 2.50.